The molecule has 0 radical (unpaired) electrons. The van der Waals surface area contributed by atoms with E-state index < -0.39 is 0 Å². The van der Waals surface area contributed by atoms with Gasteiger partial charge in [-0.2, -0.15) is 5.10 Å². The summed E-state index contributed by atoms with van der Waals surface area (Å²) in [5.41, 5.74) is 10.7. The van der Waals surface area contributed by atoms with Gasteiger partial charge in [0.2, 0.25) is 5.91 Å². The van der Waals surface area contributed by atoms with Crippen molar-refractivity contribution in [3.63, 3.8) is 0 Å². The van der Waals surface area contributed by atoms with Crippen LogP contribution in [0.5, 0.6) is 0 Å². The number of nitrogens with one attached hydrogen (secondary N) is 1. The highest BCUT2D eigenvalue weighted by Crippen LogP contribution is 2.24. The number of fused-ring (bicyclic) bond motifs is 1. The van der Waals surface area contributed by atoms with Gasteiger partial charge in [0, 0.05) is 6.07 Å². The number of rotatable bonds is 4. The molecule has 23 heavy (non-hydrogen) atoms. The van der Waals surface area contributed by atoms with Crippen LogP contribution in [0.3, 0.4) is 0 Å². The van der Waals surface area contributed by atoms with Crippen LogP contribution >= 0.6 is 0 Å². The number of anilines is 1. The molecule has 1 unspecified atom stereocenters. The minimum absolute atomic E-state index is 0.0207. The zero-order valence-corrected chi connectivity index (χ0v) is 13.8. The van der Waals surface area contributed by atoms with Gasteiger partial charge in [-0.15, -0.1) is 0 Å². The van der Waals surface area contributed by atoms with Crippen molar-refractivity contribution in [1.82, 2.24) is 15.1 Å². The second-order valence-electron chi connectivity index (χ2n) is 6.39. The van der Waals surface area contributed by atoms with E-state index in [1.54, 1.807) is 6.07 Å². The summed E-state index contributed by atoms with van der Waals surface area (Å²) in [6.45, 7) is 4.02. The molecule has 3 N–H and O–H groups in total. The fourth-order valence-corrected chi connectivity index (χ4v) is 3.22. The fraction of sp³-hybridized carbons (Fsp3) is 0.444. The number of hydrogen-bond donors (Lipinski definition) is 2. The summed E-state index contributed by atoms with van der Waals surface area (Å²) >= 11 is 0. The average molecular weight is 312 g/mol. The van der Waals surface area contributed by atoms with Crippen molar-refractivity contribution in [2.75, 3.05) is 5.73 Å². The standard InChI is InChI=1S/C18H24N4O/c1-12-9-17(19)22(21-12)11-18(23)20-13(2)15-8-7-14-5-3-4-6-16(14)10-15/h7-10,13H,3-6,11,19H2,1-2H3,(H,20,23). The highest BCUT2D eigenvalue weighted by molar-refractivity contribution is 5.76. The van der Waals surface area contributed by atoms with Crippen LogP contribution < -0.4 is 11.1 Å². The van der Waals surface area contributed by atoms with Gasteiger partial charge in [0.05, 0.1) is 11.7 Å². The van der Waals surface area contributed by atoms with E-state index >= 15 is 0 Å². The molecule has 5 heteroatoms. The summed E-state index contributed by atoms with van der Waals surface area (Å²) < 4.78 is 1.53. The van der Waals surface area contributed by atoms with Crippen molar-refractivity contribution in [3.05, 3.63) is 46.6 Å². The number of amides is 1. The molecule has 0 saturated carbocycles. The quantitative estimate of drug-likeness (QED) is 0.911. The van der Waals surface area contributed by atoms with Gasteiger partial charge in [-0.25, -0.2) is 4.68 Å². The van der Waals surface area contributed by atoms with Crippen molar-refractivity contribution < 1.29 is 4.79 Å². The lowest BCUT2D eigenvalue weighted by molar-refractivity contribution is -0.122. The zero-order chi connectivity index (χ0) is 16.4. The molecular formula is C18H24N4O. The van der Waals surface area contributed by atoms with Crippen LogP contribution in [-0.4, -0.2) is 15.7 Å². The molecule has 1 aromatic heterocycles. The summed E-state index contributed by atoms with van der Waals surface area (Å²) in [5, 5.41) is 7.25. The van der Waals surface area contributed by atoms with Gasteiger partial charge in [0.25, 0.3) is 0 Å². The van der Waals surface area contributed by atoms with E-state index in [1.165, 1.54) is 35.1 Å². The highest BCUT2D eigenvalue weighted by Gasteiger charge is 2.15. The topological polar surface area (TPSA) is 72.9 Å². The van der Waals surface area contributed by atoms with Crippen molar-refractivity contribution >= 4 is 11.7 Å². The van der Waals surface area contributed by atoms with Gasteiger partial charge in [0.15, 0.2) is 0 Å². The van der Waals surface area contributed by atoms with E-state index in [2.05, 4.69) is 28.6 Å². The van der Waals surface area contributed by atoms with Crippen LogP contribution in [0.15, 0.2) is 24.3 Å². The predicted molar refractivity (Wildman–Crippen MR) is 91.0 cm³/mol. The van der Waals surface area contributed by atoms with Crippen LogP contribution in [0.2, 0.25) is 0 Å². The first kappa shape index (κ1) is 15.6. The van der Waals surface area contributed by atoms with Crippen molar-refractivity contribution in [2.24, 2.45) is 0 Å². The van der Waals surface area contributed by atoms with Crippen molar-refractivity contribution in [1.29, 1.82) is 0 Å². The first-order chi connectivity index (χ1) is 11.0. The second-order valence-corrected chi connectivity index (χ2v) is 6.39. The maximum atomic E-state index is 12.2. The van der Waals surface area contributed by atoms with Crippen LogP contribution in [-0.2, 0) is 24.2 Å². The molecule has 0 bridgehead atoms. The molecule has 0 fully saturated rings. The average Bonchev–Trinajstić information content (AvgIpc) is 2.84. The molecule has 1 amide bonds. The van der Waals surface area contributed by atoms with Crippen LogP contribution in [0, 0.1) is 6.92 Å². The fourth-order valence-electron chi connectivity index (χ4n) is 3.22. The van der Waals surface area contributed by atoms with Crippen molar-refractivity contribution in [3.8, 4) is 0 Å². The maximum Gasteiger partial charge on any atom is 0.242 e. The molecule has 122 valence electrons. The number of nitrogens with zero attached hydrogens (tertiary/aromatic N) is 2. The van der Waals surface area contributed by atoms with E-state index in [0.29, 0.717) is 5.82 Å². The SMILES string of the molecule is Cc1cc(N)n(CC(=O)NC(C)c2ccc3c(c2)CCCC3)n1. The third-order valence-corrected chi connectivity index (χ3v) is 4.48. The summed E-state index contributed by atoms with van der Waals surface area (Å²) in [5.74, 6) is 0.434. The third-order valence-electron chi connectivity index (χ3n) is 4.48. The number of aromatic nitrogens is 2. The molecular weight excluding hydrogens is 288 g/mol. The monoisotopic (exact) mass is 312 g/mol. The number of hydrogen-bond acceptors (Lipinski definition) is 3. The summed E-state index contributed by atoms with van der Waals surface area (Å²) in [4.78, 5) is 12.2. The normalized spacial score (nSPS) is 15.0. The van der Waals surface area contributed by atoms with Crippen LogP contribution in [0.1, 0.15) is 48.2 Å². The number of carbonyl (C=O) groups excluding carboxylic acids is 1. The van der Waals surface area contributed by atoms with Gasteiger partial charge in [0.1, 0.15) is 12.4 Å². The Bertz CT molecular complexity index is 720. The lowest BCUT2D eigenvalue weighted by Crippen LogP contribution is -2.31. The van der Waals surface area contributed by atoms with Gasteiger partial charge in [-0.1, -0.05) is 18.2 Å². The van der Waals surface area contributed by atoms with Gasteiger partial charge in [-0.05, 0) is 56.2 Å². The molecule has 1 aliphatic carbocycles. The Balaban J connectivity index is 1.65. The minimum Gasteiger partial charge on any atom is -0.384 e. The van der Waals surface area contributed by atoms with E-state index in [-0.39, 0.29) is 18.5 Å². The smallest absolute Gasteiger partial charge is 0.242 e. The Morgan fingerprint density at radius 2 is 2.04 bits per heavy atom. The van der Waals surface area contributed by atoms with Crippen LogP contribution in [0.4, 0.5) is 5.82 Å². The van der Waals surface area contributed by atoms with Gasteiger partial charge in [-0.3, -0.25) is 4.79 Å². The molecule has 1 atom stereocenters. The highest BCUT2D eigenvalue weighted by atomic mass is 16.2. The molecule has 2 aromatic rings. The lowest BCUT2D eigenvalue weighted by atomic mass is 9.89. The van der Waals surface area contributed by atoms with E-state index in [9.17, 15) is 4.79 Å². The second kappa shape index (κ2) is 6.44. The Kier molecular flexibility index (Phi) is 4.37. The Labute approximate surface area is 136 Å². The number of carbonyl (C=O) groups is 1. The minimum atomic E-state index is -0.0787. The van der Waals surface area contributed by atoms with E-state index in [1.807, 2.05) is 13.8 Å². The molecule has 0 saturated heterocycles. The number of nitrogen functional groups attached to an aromatic ring is 1. The molecule has 0 spiro atoms. The number of aryl methyl sites for hydroxylation is 3. The third kappa shape index (κ3) is 3.55. The Hall–Kier alpha value is -2.30. The molecule has 3 rings (SSSR count). The zero-order valence-electron chi connectivity index (χ0n) is 13.8. The molecule has 1 heterocycles. The molecule has 5 nitrogen and oxygen atoms in total. The molecule has 0 aliphatic heterocycles. The van der Waals surface area contributed by atoms with Gasteiger partial charge < -0.3 is 11.1 Å². The number of benzene rings is 1. The predicted octanol–water partition coefficient (Wildman–Crippen LogP) is 2.53. The Morgan fingerprint density at radius 3 is 2.74 bits per heavy atom. The molecule has 1 aliphatic rings. The summed E-state index contributed by atoms with van der Waals surface area (Å²) in [6.07, 6.45) is 4.86. The van der Waals surface area contributed by atoms with Crippen LogP contribution in [0.25, 0.3) is 0 Å². The Morgan fingerprint density at radius 1 is 1.30 bits per heavy atom. The molecule has 1 aromatic carbocycles. The summed E-state index contributed by atoms with van der Waals surface area (Å²) in [7, 11) is 0. The van der Waals surface area contributed by atoms with E-state index in [4.69, 9.17) is 5.73 Å². The largest absolute Gasteiger partial charge is 0.384 e. The van der Waals surface area contributed by atoms with E-state index in [0.717, 1.165) is 17.7 Å². The maximum absolute atomic E-state index is 12.2. The van der Waals surface area contributed by atoms with Gasteiger partial charge >= 0.3 is 0 Å². The number of nitrogens with two attached hydrogens (primary N) is 1. The summed E-state index contributed by atoms with van der Waals surface area (Å²) in [6, 6.07) is 8.32. The first-order valence-electron chi connectivity index (χ1n) is 8.24. The lowest BCUT2D eigenvalue weighted by Gasteiger charge is -2.20. The first-order valence-corrected chi connectivity index (χ1v) is 8.24. The van der Waals surface area contributed by atoms with Crippen molar-refractivity contribution in [2.45, 2.75) is 52.1 Å².